The molecule has 0 amide bonds. The second-order valence-corrected chi connectivity index (χ2v) is 10.2. The van der Waals surface area contributed by atoms with E-state index in [1.165, 1.54) is 84.8 Å². The summed E-state index contributed by atoms with van der Waals surface area (Å²) in [5.74, 6) is 0. The van der Waals surface area contributed by atoms with Gasteiger partial charge in [0.2, 0.25) is 0 Å². The largest absolute Gasteiger partial charge is 0.382 e. The highest BCUT2D eigenvalue weighted by molar-refractivity contribution is 4.75. The Labute approximate surface area is 198 Å². The molecule has 2 aliphatic heterocycles. The molecule has 0 saturated carbocycles. The highest BCUT2D eigenvalue weighted by Gasteiger charge is 2.18. The lowest BCUT2D eigenvalue weighted by atomic mass is 10.2. The van der Waals surface area contributed by atoms with Crippen LogP contribution in [-0.4, -0.2) is 137 Å². The Morgan fingerprint density at radius 3 is 1.34 bits per heavy atom. The van der Waals surface area contributed by atoms with Crippen molar-refractivity contribution < 1.29 is 14.2 Å². The van der Waals surface area contributed by atoms with Crippen LogP contribution < -0.4 is 0 Å². The van der Waals surface area contributed by atoms with Gasteiger partial charge in [-0.25, -0.2) is 0 Å². The average molecular weight is 457 g/mol. The van der Waals surface area contributed by atoms with Gasteiger partial charge in [0.1, 0.15) is 0 Å². The van der Waals surface area contributed by atoms with Crippen molar-refractivity contribution in [1.82, 2.24) is 19.6 Å². The van der Waals surface area contributed by atoms with Crippen LogP contribution in [0.4, 0.5) is 0 Å². The molecule has 0 atom stereocenters. The van der Waals surface area contributed by atoms with Crippen LogP contribution in [0.2, 0.25) is 0 Å². The van der Waals surface area contributed by atoms with Crippen LogP contribution in [0.15, 0.2) is 0 Å². The van der Waals surface area contributed by atoms with E-state index in [1.54, 1.807) is 0 Å². The van der Waals surface area contributed by atoms with E-state index in [4.69, 9.17) is 14.2 Å². The molecule has 2 aliphatic rings. The maximum absolute atomic E-state index is 5.71. The average Bonchev–Trinajstić information content (AvgIpc) is 2.77. The van der Waals surface area contributed by atoms with Crippen molar-refractivity contribution in [1.29, 1.82) is 0 Å². The lowest BCUT2D eigenvalue weighted by Crippen LogP contribution is -2.49. The zero-order valence-electron chi connectivity index (χ0n) is 21.7. The first-order valence-corrected chi connectivity index (χ1v) is 13.1. The third kappa shape index (κ3) is 13.4. The summed E-state index contributed by atoms with van der Waals surface area (Å²) in [7, 11) is 0. The first-order valence-electron chi connectivity index (χ1n) is 13.1. The second-order valence-electron chi connectivity index (χ2n) is 10.2. The molecule has 0 aromatic carbocycles. The van der Waals surface area contributed by atoms with Crippen LogP contribution in [0.5, 0.6) is 0 Å². The van der Waals surface area contributed by atoms with E-state index < -0.39 is 0 Å². The summed E-state index contributed by atoms with van der Waals surface area (Å²) in [5, 5.41) is 0. The van der Waals surface area contributed by atoms with E-state index in [2.05, 4.69) is 47.3 Å². The van der Waals surface area contributed by atoms with Gasteiger partial charge in [0.05, 0.1) is 18.8 Å². The van der Waals surface area contributed by atoms with Gasteiger partial charge in [-0.1, -0.05) is 0 Å². The summed E-state index contributed by atoms with van der Waals surface area (Å²) in [4.78, 5) is 10.5. The third-order valence-electron chi connectivity index (χ3n) is 6.37. The molecule has 2 saturated heterocycles. The van der Waals surface area contributed by atoms with Crippen molar-refractivity contribution in [3.8, 4) is 0 Å². The number of ether oxygens (including phenoxy) is 3. The van der Waals surface area contributed by atoms with Crippen LogP contribution in [0, 0.1) is 0 Å². The first kappa shape index (κ1) is 28.0. The maximum Gasteiger partial charge on any atom is 0.0707 e. The predicted octanol–water partition coefficient (Wildman–Crippen LogP) is 2.26. The normalized spacial score (nSPS) is 20.2. The van der Waals surface area contributed by atoms with Crippen LogP contribution in [-0.2, 0) is 14.2 Å². The summed E-state index contributed by atoms with van der Waals surface area (Å²) in [6.07, 6.45) is 3.58. The fourth-order valence-corrected chi connectivity index (χ4v) is 4.42. The number of hydrogen-bond acceptors (Lipinski definition) is 7. The Morgan fingerprint density at radius 1 is 0.531 bits per heavy atom. The molecule has 7 heteroatoms. The number of rotatable bonds is 16. The summed E-state index contributed by atoms with van der Waals surface area (Å²) >= 11 is 0. The minimum Gasteiger partial charge on any atom is -0.382 e. The minimum atomic E-state index is -0.0677. The third-order valence-corrected chi connectivity index (χ3v) is 6.37. The molecule has 0 aromatic heterocycles. The Balaban J connectivity index is 1.39. The highest BCUT2D eigenvalue weighted by Crippen LogP contribution is 2.08. The monoisotopic (exact) mass is 456 g/mol. The molecule has 32 heavy (non-hydrogen) atoms. The van der Waals surface area contributed by atoms with Crippen molar-refractivity contribution in [2.75, 3.05) is 112 Å². The lowest BCUT2D eigenvalue weighted by molar-refractivity contribution is -0.0358. The fourth-order valence-electron chi connectivity index (χ4n) is 4.42. The Morgan fingerprint density at radius 2 is 0.938 bits per heavy atom. The molecule has 0 aliphatic carbocycles. The molecular weight excluding hydrogens is 404 g/mol. The molecule has 0 unspecified atom stereocenters. The second kappa shape index (κ2) is 16.4. The number of piperazine rings is 2. The summed E-state index contributed by atoms with van der Waals surface area (Å²) in [6.45, 7) is 26.9. The summed E-state index contributed by atoms with van der Waals surface area (Å²) in [6, 6.07) is 0. The lowest BCUT2D eigenvalue weighted by Gasteiger charge is -2.36. The minimum absolute atomic E-state index is 0.0677. The topological polar surface area (TPSA) is 40.7 Å². The van der Waals surface area contributed by atoms with Crippen LogP contribution >= 0.6 is 0 Å². The fraction of sp³-hybridized carbons (Fsp3) is 1.00. The molecule has 0 radical (unpaired) electrons. The maximum atomic E-state index is 5.71. The summed E-state index contributed by atoms with van der Waals surface area (Å²) < 4.78 is 16.9. The van der Waals surface area contributed by atoms with Gasteiger partial charge in [0, 0.05) is 85.3 Å². The molecule has 190 valence electrons. The zero-order valence-corrected chi connectivity index (χ0v) is 21.7. The smallest absolute Gasteiger partial charge is 0.0707 e. The van der Waals surface area contributed by atoms with Crippen LogP contribution in [0.3, 0.4) is 0 Å². The Kier molecular flexibility index (Phi) is 14.3. The molecule has 0 aromatic rings. The van der Waals surface area contributed by atoms with Gasteiger partial charge < -0.3 is 33.8 Å². The van der Waals surface area contributed by atoms with E-state index in [9.17, 15) is 0 Å². The van der Waals surface area contributed by atoms with E-state index >= 15 is 0 Å². The van der Waals surface area contributed by atoms with E-state index in [0.717, 1.165) is 32.8 Å². The van der Waals surface area contributed by atoms with Crippen molar-refractivity contribution in [2.24, 2.45) is 0 Å². The quantitative estimate of drug-likeness (QED) is 0.330. The number of hydrogen-bond donors (Lipinski definition) is 0. The van der Waals surface area contributed by atoms with Gasteiger partial charge in [-0.15, -0.1) is 0 Å². The molecular formula is C25H52N4O3. The SMILES string of the molecule is CCOCCCN1CCN(CCCN2CCN(CCCOCCOC(C)(C)C)CC2)CC1. The van der Waals surface area contributed by atoms with Gasteiger partial charge in [-0.2, -0.15) is 0 Å². The molecule has 2 heterocycles. The van der Waals surface area contributed by atoms with Crippen molar-refractivity contribution in [2.45, 2.75) is 52.6 Å². The van der Waals surface area contributed by atoms with Gasteiger partial charge >= 0.3 is 0 Å². The first-order chi connectivity index (χ1) is 15.5. The molecule has 0 spiro atoms. The van der Waals surface area contributed by atoms with E-state index in [-0.39, 0.29) is 5.60 Å². The summed E-state index contributed by atoms with van der Waals surface area (Å²) in [5.41, 5.74) is -0.0677. The Bertz CT molecular complexity index is 445. The predicted molar refractivity (Wildman–Crippen MR) is 133 cm³/mol. The molecule has 2 fully saturated rings. The van der Waals surface area contributed by atoms with Crippen molar-refractivity contribution >= 4 is 0 Å². The standard InChI is InChI=1S/C25H52N4O3/c1-5-30-21-7-11-28-17-13-26(14-18-28)9-6-10-27-15-19-29(20-16-27)12-8-22-31-23-24-32-25(2,3)4/h5-24H2,1-4H3. The van der Waals surface area contributed by atoms with Crippen molar-refractivity contribution in [3.63, 3.8) is 0 Å². The van der Waals surface area contributed by atoms with Gasteiger partial charge in [-0.05, 0) is 60.0 Å². The molecule has 7 nitrogen and oxygen atoms in total. The molecule has 2 rings (SSSR count). The Hall–Kier alpha value is -0.280. The highest BCUT2D eigenvalue weighted by atomic mass is 16.5. The van der Waals surface area contributed by atoms with Gasteiger partial charge in [-0.3, -0.25) is 0 Å². The van der Waals surface area contributed by atoms with E-state index in [1.807, 2.05) is 0 Å². The van der Waals surface area contributed by atoms with E-state index in [0.29, 0.717) is 13.2 Å². The van der Waals surface area contributed by atoms with Crippen LogP contribution in [0.1, 0.15) is 47.0 Å². The molecule has 0 N–H and O–H groups in total. The van der Waals surface area contributed by atoms with Gasteiger partial charge in [0.15, 0.2) is 0 Å². The zero-order chi connectivity index (χ0) is 23.1. The van der Waals surface area contributed by atoms with Crippen LogP contribution in [0.25, 0.3) is 0 Å². The number of nitrogens with zero attached hydrogens (tertiary/aromatic N) is 4. The molecule has 0 bridgehead atoms. The van der Waals surface area contributed by atoms with Crippen molar-refractivity contribution in [3.05, 3.63) is 0 Å². The van der Waals surface area contributed by atoms with Gasteiger partial charge in [0.25, 0.3) is 0 Å².